The second kappa shape index (κ2) is 2.95. The summed E-state index contributed by atoms with van der Waals surface area (Å²) in [5.41, 5.74) is 2.72. The molecule has 0 spiro atoms. The van der Waals surface area contributed by atoms with Crippen LogP contribution < -0.4 is 5.32 Å². The van der Waals surface area contributed by atoms with Gasteiger partial charge in [0.05, 0.1) is 11.4 Å². The van der Waals surface area contributed by atoms with Gasteiger partial charge in [0.25, 0.3) is 0 Å². The summed E-state index contributed by atoms with van der Waals surface area (Å²) in [6.45, 7) is 6.90. The van der Waals surface area contributed by atoms with E-state index < -0.39 is 0 Å². The molecule has 0 unspecified atom stereocenters. The fourth-order valence-electron chi connectivity index (χ4n) is 2.20. The van der Waals surface area contributed by atoms with E-state index in [0.29, 0.717) is 0 Å². The van der Waals surface area contributed by atoms with Gasteiger partial charge in [-0.1, -0.05) is 6.58 Å². The highest BCUT2D eigenvalue weighted by molar-refractivity contribution is 5.42. The van der Waals surface area contributed by atoms with Crippen molar-refractivity contribution in [3.05, 3.63) is 23.8 Å². The average Bonchev–Trinajstić information content (AvgIpc) is 3.00. The van der Waals surface area contributed by atoms with Gasteiger partial charge in [-0.3, -0.25) is 0 Å². The second-order valence-corrected chi connectivity index (χ2v) is 4.11. The minimum atomic E-state index is 0.741. The Labute approximate surface area is 83.8 Å². The van der Waals surface area contributed by atoms with Gasteiger partial charge in [0, 0.05) is 25.6 Å². The number of imidazole rings is 1. The van der Waals surface area contributed by atoms with Crippen molar-refractivity contribution in [3.8, 4) is 0 Å². The molecular formula is C11H15N3. The third kappa shape index (κ3) is 1.12. The van der Waals surface area contributed by atoms with Crippen molar-refractivity contribution in [1.29, 1.82) is 0 Å². The molecule has 3 rings (SSSR count). The van der Waals surface area contributed by atoms with E-state index in [1.54, 1.807) is 0 Å². The van der Waals surface area contributed by atoms with E-state index in [0.717, 1.165) is 31.4 Å². The van der Waals surface area contributed by atoms with E-state index >= 15 is 0 Å². The Hall–Kier alpha value is -1.09. The highest BCUT2D eigenvalue weighted by Gasteiger charge is 2.31. The Bertz CT molecular complexity index is 374. The standard InChI is InChI=1S/C11H15N3/c1-2-10-13-11(8-3-4-8)9-7-12-5-6-14(9)10/h2,8,12H,1,3-7H2. The number of nitrogens with zero attached hydrogens (tertiary/aromatic N) is 2. The molecule has 2 aliphatic rings. The molecule has 1 fully saturated rings. The highest BCUT2D eigenvalue weighted by Crippen LogP contribution is 2.41. The zero-order chi connectivity index (χ0) is 9.54. The van der Waals surface area contributed by atoms with Crippen LogP contribution in [-0.2, 0) is 13.1 Å². The smallest absolute Gasteiger partial charge is 0.132 e. The van der Waals surface area contributed by atoms with Crippen LogP contribution in [0.2, 0.25) is 0 Å². The summed E-state index contributed by atoms with van der Waals surface area (Å²) in [6, 6.07) is 0. The van der Waals surface area contributed by atoms with Crippen molar-refractivity contribution < 1.29 is 0 Å². The average molecular weight is 189 g/mol. The third-order valence-electron chi connectivity index (χ3n) is 3.08. The van der Waals surface area contributed by atoms with Gasteiger partial charge in [-0.25, -0.2) is 4.98 Å². The topological polar surface area (TPSA) is 29.9 Å². The molecule has 0 amide bonds. The molecule has 1 N–H and O–H groups in total. The van der Waals surface area contributed by atoms with Gasteiger partial charge in [-0.15, -0.1) is 0 Å². The SMILES string of the molecule is C=Cc1nc(C2CC2)c2n1CCNC2. The zero-order valence-electron chi connectivity index (χ0n) is 8.29. The van der Waals surface area contributed by atoms with E-state index in [4.69, 9.17) is 0 Å². The number of hydrogen-bond donors (Lipinski definition) is 1. The molecule has 14 heavy (non-hydrogen) atoms. The lowest BCUT2D eigenvalue weighted by Gasteiger charge is -2.17. The molecule has 2 heterocycles. The van der Waals surface area contributed by atoms with Gasteiger partial charge in [0.1, 0.15) is 5.82 Å². The Balaban J connectivity index is 2.11. The van der Waals surface area contributed by atoms with Gasteiger partial charge in [-0.05, 0) is 18.9 Å². The first-order chi connectivity index (χ1) is 6.90. The molecule has 3 heteroatoms. The lowest BCUT2D eigenvalue weighted by atomic mass is 10.2. The van der Waals surface area contributed by atoms with Crippen LogP contribution in [-0.4, -0.2) is 16.1 Å². The molecule has 0 aromatic carbocycles. The van der Waals surface area contributed by atoms with Gasteiger partial charge in [0.2, 0.25) is 0 Å². The Morgan fingerprint density at radius 1 is 1.50 bits per heavy atom. The molecule has 1 aliphatic carbocycles. The number of hydrogen-bond acceptors (Lipinski definition) is 2. The second-order valence-electron chi connectivity index (χ2n) is 4.11. The lowest BCUT2D eigenvalue weighted by molar-refractivity contribution is 0.510. The molecule has 0 bridgehead atoms. The molecule has 1 aromatic rings. The summed E-state index contributed by atoms with van der Waals surface area (Å²) in [5, 5.41) is 3.41. The summed E-state index contributed by atoms with van der Waals surface area (Å²) < 4.78 is 2.32. The minimum Gasteiger partial charge on any atom is -0.326 e. The van der Waals surface area contributed by atoms with E-state index in [1.807, 2.05) is 6.08 Å². The van der Waals surface area contributed by atoms with Crippen LogP contribution >= 0.6 is 0 Å². The predicted octanol–water partition coefficient (Wildman–Crippen LogP) is 1.51. The molecule has 3 nitrogen and oxygen atoms in total. The third-order valence-corrected chi connectivity index (χ3v) is 3.08. The van der Waals surface area contributed by atoms with Crippen LogP contribution in [0.25, 0.3) is 6.08 Å². The molecule has 1 aromatic heterocycles. The molecule has 74 valence electrons. The number of nitrogens with one attached hydrogen (secondary N) is 1. The Morgan fingerprint density at radius 3 is 3.07 bits per heavy atom. The fourth-order valence-corrected chi connectivity index (χ4v) is 2.20. The van der Waals surface area contributed by atoms with Crippen molar-refractivity contribution in [1.82, 2.24) is 14.9 Å². The van der Waals surface area contributed by atoms with Crippen molar-refractivity contribution >= 4 is 6.08 Å². The van der Waals surface area contributed by atoms with E-state index in [2.05, 4.69) is 21.4 Å². The molecule has 0 radical (unpaired) electrons. The quantitative estimate of drug-likeness (QED) is 0.764. The molecule has 0 saturated heterocycles. The summed E-state index contributed by atoms with van der Waals surface area (Å²) in [5.74, 6) is 1.80. The fraction of sp³-hybridized carbons (Fsp3) is 0.545. The van der Waals surface area contributed by atoms with Crippen LogP contribution in [0, 0.1) is 0 Å². The van der Waals surface area contributed by atoms with Crippen molar-refractivity contribution in [3.63, 3.8) is 0 Å². The first kappa shape index (κ1) is 8.24. The maximum atomic E-state index is 4.68. The maximum absolute atomic E-state index is 4.68. The van der Waals surface area contributed by atoms with Crippen LogP contribution in [0.4, 0.5) is 0 Å². The van der Waals surface area contributed by atoms with Gasteiger partial charge in [-0.2, -0.15) is 0 Å². The molecule has 1 saturated carbocycles. The van der Waals surface area contributed by atoms with Gasteiger partial charge >= 0.3 is 0 Å². The van der Waals surface area contributed by atoms with Crippen LogP contribution in [0.15, 0.2) is 6.58 Å². The van der Waals surface area contributed by atoms with E-state index in [9.17, 15) is 0 Å². The minimum absolute atomic E-state index is 0.741. The largest absolute Gasteiger partial charge is 0.326 e. The first-order valence-electron chi connectivity index (χ1n) is 5.32. The van der Waals surface area contributed by atoms with Crippen molar-refractivity contribution in [2.45, 2.75) is 31.8 Å². The first-order valence-corrected chi connectivity index (χ1v) is 5.32. The van der Waals surface area contributed by atoms with E-state index in [-0.39, 0.29) is 0 Å². The molecule has 0 atom stereocenters. The summed E-state index contributed by atoms with van der Waals surface area (Å²) in [6.07, 6.45) is 4.52. The summed E-state index contributed by atoms with van der Waals surface area (Å²) in [4.78, 5) is 4.68. The van der Waals surface area contributed by atoms with Gasteiger partial charge in [0.15, 0.2) is 0 Å². The highest BCUT2D eigenvalue weighted by atomic mass is 15.2. The van der Waals surface area contributed by atoms with Crippen molar-refractivity contribution in [2.24, 2.45) is 0 Å². The summed E-state index contributed by atoms with van der Waals surface area (Å²) in [7, 11) is 0. The summed E-state index contributed by atoms with van der Waals surface area (Å²) >= 11 is 0. The Kier molecular flexibility index (Phi) is 1.74. The lowest BCUT2D eigenvalue weighted by Crippen LogP contribution is -2.28. The number of rotatable bonds is 2. The van der Waals surface area contributed by atoms with Crippen LogP contribution in [0.1, 0.15) is 36.0 Å². The number of fused-ring (bicyclic) bond motifs is 1. The van der Waals surface area contributed by atoms with Gasteiger partial charge < -0.3 is 9.88 Å². The normalized spacial score (nSPS) is 20.6. The zero-order valence-corrected chi connectivity index (χ0v) is 8.29. The van der Waals surface area contributed by atoms with Crippen LogP contribution in [0.3, 0.4) is 0 Å². The van der Waals surface area contributed by atoms with Crippen LogP contribution in [0.5, 0.6) is 0 Å². The molecular weight excluding hydrogens is 174 g/mol. The monoisotopic (exact) mass is 189 g/mol. The number of aromatic nitrogens is 2. The van der Waals surface area contributed by atoms with Crippen molar-refractivity contribution in [2.75, 3.05) is 6.54 Å². The predicted molar refractivity (Wildman–Crippen MR) is 56.0 cm³/mol. The Morgan fingerprint density at radius 2 is 2.36 bits per heavy atom. The van der Waals surface area contributed by atoms with E-state index in [1.165, 1.54) is 24.2 Å². The molecule has 1 aliphatic heterocycles. The maximum Gasteiger partial charge on any atom is 0.132 e.